The zero-order valence-electron chi connectivity index (χ0n) is 32.4. The highest BCUT2D eigenvalue weighted by molar-refractivity contribution is 5.78. The number of rotatable bonds is 10. The molecule has 2 aromatic heterocycles. The van der Waals surface area contributed by atoms with Crippen LogP contribution in [0, 0.1) is 0 Å². The van der Waals surface area contributed by atoms with E-state index in [1.54, 1.807) is 0 Å². The number of hydrogen-bond donors (Lipinski definition) is 0. The summed E-state index contributed by atoms with van der Waals surface area (Å²) in [4.78, 5) is 29.9. The van der Waals surface area contributed by atoms with E-state index in [1.807, 2.05) is 60.7 Å². The van der Waals surface area contributed by atoms with Gasteiger partial charge in [0.25, 0.3) is 0 Å². The summed E-state index contributed by atoms with van der Waals surface area (Å²) < 4.78 is 0. The van der Waals surface area contributed by atoms with Gasteiger partial charge < -0.3 is 0 Å². The van der Waals surface area contributed by atoms with Gasteiger partial charge in [-0.15, -0.1) is 0 Å². The Labute approximate surface area is 339 Å². The van der Waals surface area contributed by atoms with E-state index in [-0.39, 0.29) is 0 Å². The average molecular weight is 749 g/mol. The number of hydrogen-bond acceptors (Lipinski definition) is 6. The van der Waals surface area contributed by atoms with Crippen LogP contribution in [0.2, 0.25) is 0 Å². The van der Waals surface area contributed by atoms with Crippen molar-refractivity contribution in [1.82, 2.24) is 29.9 Å². The third-order valence-electron chi connectivity index (χ3n) is 10.3. The molecule has 0 amide bonds. The maximum Gasteiger partial charge on any atom is 0.164 e. The minimum Gasteiger partial charge on any atom is -0.208 e. The Bertz CT molecular complexity index is 2710. The van der Waals surface area contributed by atoms with Crippen molar-refractivity contribution >= 4 is 0 Å². The van der Waals surface area contributed by atoms with E-state index >= 15 is 0 Å². The van der Waals surface area contributed by atoms with Crippen molar-refractivity contribution in [3.8, 4) is 90.6 Å². The Hall–Kier alpha value is -7.44. The van der Waals surface area contributed by atoms with Crippen LogP contribution in [0.1, 0.15) is 25.0 Å². The molecule has 0 N–H and O–H groups in total. The Balaban J connectivity index is 1.07. The van der Waals surface area contributed by atoms with E-state index in [9.17, 15) is 0 Å². The number of benzene rings is 7. The normalized spacial score (nSPS) is 11.1. The molecule has 0 unspecified atom stereocenters. The molecule has 0 saturated heterocycles. The second kappa shape index (κ2) is 16.3. The van der Waals surface area contributed by atoms with Gasteiger partial charge in [0.1, 0.15) is 0 Å². The molecule has 58 heavy (non-hydrogen) atoms. The monoisotopic (exact) mass is 748 g/mol. The Morgan fingerprint density at radius 3 is 0.793 bits per heavy atom. The van der Waals surface area contributed by atoms with Crippen molar-refractivity contribution in [3.63, 3.8) is 0 Å². The molecule has 278 valence electrons. The molecular formula is C52H40N6. The molecule has 6 nitrogen and oxygen atoms in total. The molecule has 9 aromatic rings. The van der Waals surface area contributed by atoms with Crippen LogP contribution in [0.4, 0.5) is 0 Å². The first kappa shape index (κ1) is 36.2. The Kier molecular flexibility index (Phi) is 10.2. The number of aromatic nitrogens is 6. The van der Waals surface area contributed by atoms with E-state index in [0.717, 1.165) is 68.5 Å². The van der Waals surface area contributed by atoms with Crippen LogP contribution in [0.25, 0.3) is 90.6 Å². The summed E-state index contributed by atoms with van der Waals surface area (Å²) in [5.41, 5.74) is 12.5. The lowest BCUT2D eigenvalue weighted by atomic mass is 9.97. The third-order valence-corrected chi connectivity index (χ3v) is 10.3. The van der Waals surface area contributed by atoms with Gasteiger partial charge in [-0.1, -0.05) is 178 Å². The molecule has 9 rings (SSSR count). The fourth-order valence-electron chi connectivity index (χ4n) is 7.03. The van der Waals surface area contributed by atoms with Crippen molar-refractivity contribution in [2.75, 3.05) is 0 Å². The molecule has 0 aliphatic carbocycles. The fourth-order valence-corrected chi connectivity index (χ4v) is 7.03. The van der Waals surface area contributed by atoms with E-state index < -0.39 is 0 Å². The molecular weight excluding hydrogens is 709 g/mol. The minimum atomic E-state index is 0.622. The maximum absolute atomic E-state index is 5.04. The van der Waals surface area contributed by atoms with Gasteiger partial charge in [0, 0.05) is 33.4 Å². The van der Waals surface area contributed by atoms with Crippen LogP contribution < -0.4 is 0 Å². The third kappa shape index (κ3) is 7.81. The zero-order chi connectivity index (χ0) is 39.3. The summed E-state index contributed by atoms with van der Waals surface area (Å²) in [6.45, 7) is 4.32. The van der Waals surface area contributed by atoms with Crippen LogP contribution in [0.3, 0.4) is 0 Å². The molecule has 0 atom stereocenters. The van der Waals surface area contributed by atoms with Gasteiger partial charge in [0.05, 0.1) is 0 Å². The molecule has 0 aliphatic heterocycles. The van der Waals surface area contributed by atoms with Gasteiger partial charge >= 0.3 is 0 Å². The zero-order valence-corrected chi connectivity index (χ0v) is 32.4. The molecule has 2 heterocycles. The van der Waals surface area contributed by atoms with Crippen molar-refractivity contribution in [2.24, 2.45) is 0 Å². The lowest BCUT2D eigenvalue weighted by Crippen LogP contribution is -2.00. The van der Waals surface area contributed by atoms with Gasteiger partial charge in [0.2, 0.25) is 0 Å². The summed E-state index contributed by atoms with van der Waals surface area (Å²) in [6, 6.07) is 62.6. The van der Waals surface area contributed by atoms with Crippen LogP contribution in [0.5, 0.6) is 0 Å². The van der Waals surface area contributed by atoms with Crippen LogP contribution in [-0.2, 0) is 12.8 Å². The predicted octanol–water partition coefficient (Wildman–Crippen LogP) is 12.5. The van der Waals surface area contributed by atoms with Crippen molar-refractivity contribution in [2.45, 2.75) is 26.7 Å². The maximum atomic E-state index is 5.04. The second-order valence-corrected chi connectivity index (χ2v) is 14.2. The lowest BCUT2D eigenvalue weighted by Gasteiger charge is -2.11. The summed E-state index contributed by atoms with van der Waals surface area (Å²) >= 11 is 0. The fraction of sp³-hybridized carbons (Fsp3) is 0.0769. The highest BCUT2D eigenvalue weighted by Gasteiger charge is 2.15. The number of nitrogens with zero attached hydrogens (tertiary/aromatic N) is 6. The van der Waals surface area contributed by atoms with Gasteiger partial charge in [-0.05, 0) is 64.4 Å². The summed E-state index contributed by atoms with van der Waals surface area (Å²) in [5.74, 6) is 3.83. The van der Waals surface area contributed by atoms with Crippen molar-refractivity contribution in [3.05, 3.63) is 193 Å². The van der Waals surface area contributed by atoms with Gasteiger partial charge in [-0.3, -0.25) is 0 Å². The Morgan fingerprint density at radius 1 is 0.241 bits per heavy atom. The quantitative estimate of drug-likeness (QED) is 0.139. The van der Waals surface area contributed by atoms with Gasteiger partial charge in [-0.2, -0.15) is 0 Å². The molecule has 0 bridgehead atoms. The highest BCUT2D eigenvalue weighted by Crippen LogP contribution is 2.33. The van der Waals surface area contributed by atoms with Crippen LogP contribution in [-0.4, -0.2) is 29.9 Å². The van der Waals surface area contributed by atoms with Crippen LogP contribution >= 0.6 is 0 Å². The average Bonchev–Trinajstić information content (AvgIpc) is 3.32. The Morgan fingerprint density at radius 2 is 0.483 bits per heavy atom. The molecule has 0 fully saturated rings. The molecule has 6 heteroatoms. The number of aryl methyl sites for hydroxylation is 2. The largest absolute Gasteiger partial charge is 0.208 e. The highest BCUT2D eigenvalue weighted by atomic mass is 15.0. The van der Waals surface area contributed by atoms with E-state index in [1.165, 1.54) is 11.1 Å². The van der Waals surface area contributed by atoms with E-state index in [4.69, 9.17) is 29.9 Å². The molecule has 0 aliphatic rings. The summed E-state index contributed by atoms with van der Waals surface area (Å²) in [7, 11) is 0. The first-order valence-electron chi connectivity index (χ1n) is 19.7. The van der Waals surface area contributed by atoms with Gasteiger partial charge in [0.15, 0.2) is 34.9 Å². The molecule has 0 spiro atoms. The van der Waals surface area contributed by atoms with E-state index in [0.29, 0.717) is 34.9 Å². The first-order valence-corrected chi connectivity index (χ1v) is 19.7. The topological polar surface area (TPSA) is 77.3 Å². The SMILES string of the molecule is CCc1ccc(-c2nc(-c3ccc(CC)cc3)nc(-c3cccc(-c4cccc(-c5cccc(-c6nc(-c7ccccc7)nc(-c7ccccc7)n6)c5)c4)c3)n2)cc1. The standard InChI is InChI=1S/C52H40N6/c1-3-35-24-28-39(29-25-35)49-54-50(40-30-26-36(4-2)27-31-40)58-52(57-49)46-23-13-21-44(34-46)42-19-11-18-41(32-42)43-20-12-22-45(33-43)51-55-47(37-14-7-5-8-15-37)53-48(56-51)38-16-9-6-10-17-38/h5-34H,3-4H2,1-2H3. The van der Waals surface area contributed by atoms with Crippen molar-refractivity contribution in [1.29, 1.82) is 0 Å². The molecule has 0 radical (unpaired) electrons. The molecule has 7 aromatic carbocycles. The summed E-state index contributed by atoms with van der Waals surface area (Å²) in [6.07, 6.45) is 1.95. The van der Waals surface area contributed by atoms with E-state index in [2.05, 4.69) is 135 Å². The van der Waals surface area contributed by atoms with Gasteiger partial charge in [-0.25, -0.2) is 29.9 Å². The minimum absolute atomic E-state index is 0.622. The molecule has 0 saturated carbocycles. The van der Waals surface area contributed by atoms with Crippen LogP contribution in [0.15, 0.2) is 182 Å². The van der Waals surface area contributed by atoms with Crippen molar-refractivity contribution < 1.29 is 0 Å². The smallest absolute Gasteiger partial charge is 0.164 e. The first-order chi connectivity index (χ1) is 28.6. The summed E-state index contributed by atoms with van der Waals surface area (Å²) in [5, 5.41) is 0. The predicted molar refractivity (Wildman–Crippen MR) is 235 cm³/mol. The second-order valence-electron chi connectivity index (χ2n) is 14.2. The lowest BCUT2D eigenvalue weighted by molar-refractivity contribution is 1.07.